The van der Waals surface area contributed by atoms with E-state index in [1.807, 2.05) is 61.5 Å². The van der Waals surface area contributed by atoms with Gasteiger partial charge in [0, 0.05) is 5.56 Å². The molecule has 0 bridgehead atoms. The first kappa shape index (κ1) is 25.5. The van der Waals surface area contributed by atoms with E-state index in [4.69, 9.17) is 9.47 Å². The van der Waals surface area contributed by atoms with Crippen molar-refractivity contribution in [2.75, 3.05) is 18.5 Å². The fraction of sp³-hybridized carbons (Fsp3) is 0.148. The Hall–Kier alpha value is -4.57. The second kappa shape index (κ2) is 12.9. The van der Waals surface area contributed by atoms with Crippen molar-refractivity contribution in [1.82, 2.24) is 15.6 Å². The fourth-order valence-corrected chi connectivity index (χ4v) is 3.94. The van der Waals surface area contributed by atoms with Gasteiger partial charge < -0.3 is 9.47 Å². The number of carbonyl (C=O) groups is 2. The van der Waals surface area contributed by atoms with E-state index in [0.29, 0.717) is 34.7 Å². The first-order valence-corrected chi connectivity index (χ1v) is 12.3. The average molecular weight is 516 g/mol. The van der Waals surface area contributed by atoms with Crippen molar-refractivity contribution >= 4 is 34.5 Å². The van der Waals surface area contributed by atoms with E-state index >= 15 is 0 Å². The van der Waals surface area contributed by atoms with Crippen LogP contribution >= 0.6 is 11.3 Å². The third kappa shape index (κ3) is 7.97. The van der Waals surface area contributed by atoms with Crippen LogP contribution in [-0.4, -0.2) is 41.4 Å². The Balaban J connectivity index is 1.20. The molecule has 0 radical (unpaired) electrons. The molecule has 0 spiro atoms. The number of ether oxygens (including phenoxy) is 2. The van der Waals surface area contributed by atoms with Crippen LogP contribution < -0.4 is 20.2 Å². The van der Waals surface area contributed by atoms with Gasteiger partial charge in [-0.2, -0.15) is 5.10 Å². The highest BCUT2D eigenvalue weighted by atomic mass is 32.1. The summed E-state index contributed by atoms with van der Waals surface area (Å²) in [6.07, 6.45) is 1.51. The molecule has 0 aliphatic heterocycles. The van der Waals surface area contributed by atoms with Crippen LogP contribution in [0.2, 0.25) is 0 Å². The van der Waals surface area contributed by atoms with E-state index in [1.165, 1.54) is 6.21 Å². The van der Waals surface area contributed by atoms with E-state index in [9.17, 15) is 9.59 Å². The Morgan fingerprint density at radius 2 is 1.73 bits per heavy atom. The number of aryl methyl sites for hydroxylation is 1. The molecule has 4 rings (SSSR count). The Morgan fingerprint density at radius 1 is 0.946 bits per heavy atom. The SMILES string of the molecule is Cc1ccccc1OCCOc1cccc(/C=N/NC(=O)Cc2nnc(NC(=O)c3ccccc3)s2)c1. The van der Waals surface area contributed by atoms with Gasteiger partial charge >= 0.3 is 0 Å². The first-order valence-electron chi connectivity index (χ1n) is 11.5. The molecule has 37 heavy (non-hydrogen) atoms. The predicted molar refractivity (Wildman–Crippen MR) is 142 cm³/mol. The van der Waals surface area contributed by atoms with Crippen molar-refractivity contribution in [2.24, 2.45) is 5.10 Å². The normalized spacial score (nSPS) is 10.7. The van der Waals surface area contributed by atoms with Crippen LogP contribution in [0.5, 0.6) is 11.5 Å². The minimum atomic E-state index is -0.353. The van der Waals surface area contributed by atoms with Crippen molar-refractivity contribution in [2.45, 2.75) is 13.3 Å². The molecule has 0 atom stereocenters. The van der Waals surface area contributed by atoms with E-state index in [1.54, 1.807) is 24.3 Å². The third-order valence-corrected chi connectivity index (χ3v) is 5.84. The van der Waals surface area contributed by atoms with Crippen molar-refractivity contribution in [3.05, 3.63) is 101 Å². The maximum atomic E-state index is 12.2. The van der Waals surface area contributed by atoms with Crippen LogP contribution in [0.25, 0.3) is 0 Å². The number of nitrogens with one attached hydrogen (secondary N) is 2. The van der Waals surface area contributed by atoms with E-state index in [-0.39, 0.29) is 18.2 Å². The number of anilines is 1. The second-order valence-corrected chi connectivity index (χ2v) is 8.89. The maximum Gasteiger partial charge on any atom is 0.257 e. The van der Waals surface area contributed by atoms with Gasteiger partial charge in [0.15, 0.2) is 0 Å². The molecular weight excluding hydrogens is 490 g/mol. The molecule has 0 saturated carbocycles. The molecular formula is C27H25N5O4S. The largest absolute Gasteiger partial charge is 0.490 e. The minimum absolute atomic E-state index is 0.0136. The number of hydrogen-bond acceptors (Lipinski definition) is 8. The summed E-state index contributed by atoms with van der Waals surface area (Å²) >= 11 is 1.13. The van der Waals surface area contributed by atoms with Crippen LogP contribution in [-0.2, 0) is 11.2 Å². The van der Waals surface area contributed by atoms with E-state index in [2.05, 4.69) is 26.0 Å². The number of hydrogen-bond donors (Lipinski definition) is 2. The summed E-state index contributed by atoms with van der Waals surface area (Å²) in [5.74, 6) is 0.864. The number of nitrogens with zero attached hydrogens (tertiary/aromatic N) is 3. The number of benzene rings is 3. The van der Waals surface area contributed by atoms with Crippen molar-refractivity contribution in [1.29, 1.82) is 0 Å². The molecule has 1 aromatic heterocycles. The minimum Gasteiger partial charge on any atom is -0.490 e. The number of hydrazone groups is 1. The molecule has 1 heterocycles. The highest BCUT2D eigenvalue weighted by Gasteiger charge is 2.12. The topological polar surface area (TPSA) is 115 Å². The van der Waals surface area contributed by atoms with Crippen LogP contribution in [0.3, 0.4) is 0 Å². The Labute approximate surface area is 218 Å². The van der Waals surface area contributed by atoms with E-state index < -0.39 is 0 Å². The lowest BCUT2D eigenvalue weighted by Crippen LogP contribution is -2.19. The highest BCUT2D eigenvalue weighted by molar-refractivity contribution is 7.15. The van der Waals surface area contributed by atoms with Gasteiger partial charge in [0.05, 0.1) is 12.6 Å². The van der Waals surface area contributed by atoms with Crippen LogP contribution in [0.15, 0.2) is 84.0 Å². The summed E-state index contributed by atoms with van der Waals surface area (Å²) in [5, 5.41) is 15.3. The summed E-state index contributed by atoms with van der Waals surface area (Å²) in [4.78, 5) is 24.4. The lowest BCUT2D eigenvalue weighted by atomic mass is 10.2. The zero-order valence-electron chi connectivity index (χ0n) is 20.1. The molecule has 2 N–H and O–H groups in total. The first-order chi connectivity index (χ1) is 18.1. The van der Waals surface area contributed by atoms with Crippen molar-refractivity contribution in [3.63, 3.8) is 0 Å². The second-order valence-electron chi connectivity index (χ2n) is 7.83. The van der Waals surface area contributed by atoms with Crippen molar-refractivity contribution < 1.29 is 19.1 Å². The summed E-state index contributed by atoms with van der Waals surface area (Å²) in [6.45, 7) is 2.80. The lowest BCUT2D eigenvalue weighted by Gasteiger charge is -2.10. The molecule has 0 aliphatic carbocycles. The Bertz CT molecular complexity index is 1370. The quantitative estimate of drug-likeness (QED) is 0.175. The van der Waals surface area contributed by atoms with Gasteiger partial charge in [0.25, 0.3) is 5.91 Å². The highest BCUT2D eigenvalue weighted by Crippen LogP contribution is 2.18. The molecule has 188 valence electrons. The third-order valence-electron chi connectivity index (χ3n) is 5.00. The predicted octanol–water partition coefficient (Wildman–Crippen LogP) is 4.25. The monoisotopic (exact) mass is 515 g/mol. The number of rotatable bonds is 11. The zero-order valence-corrected chi connectivity index (χ0v) is 20.9. The summed E-state index contributed by atoms with van der Waals surface area (Å²) in [5.41, 5.74) is 4.82. The van der Waals surface area contributed by atoms with Gasteiger partial charge in [0.2, 0.25) is 11.0 Å². The standard InChI is InChI=1S/C27H25N5O4S/c1-19-8-5-6-13-23(19)36-15-14-35-22-12-7-9-20(16-22)18-28-30-24(33)17-25-31-32-27(37-25)29-26(34)21-10-3-2-4-11-21/h2-13,16,18H,14-15,17H2,1H3,(H,30,33)(H,29,32,34)/b28-18+. The van der Waals surface area contributed by atoms with Gasteiger partial charge in [0.1, 0.15) is 29.7 Å². The molecule has 0 unspecified atom stereocenters. The van der Waals surface area contributed by atoms with E-state index in [0.717, 1.165) is 28.2 Å². The molecule has 4 aromatic rings. The zero-order chi connectivity index (χ0) is 25.9. The molecule has 2 amide bonds. The molecule has 3 aromatic carbocycles. The van der Waals surface area contributed by atoms with Crippen LogP contribution in [0.4, 0.5) is 5.13 Å². The molecule has 0 saturated heterocycles. The van der Waals surface area contributed by atoms with Crippen molar-refractivity contribution in [3.8, 4) is 11.5 Å². The molecule has 9 nitrogen and oxygen atoms in total. The van der Waals surface area contributed by atoms with Gasteiger partial charge in [-0.1, -0.05) is 59.9 Å². The number of carbonyl (C=O) groups excluding carboxylic acids is 2. The fourth-order valence-electron chi connectivity index (χ4n) is 3.20. The number of aromatic nitrogens is 2. The smallest absolute Gasteiger partial charge is 0.257 e. The summed E-state index contributed by atoms with van der Waals surface area (Å²) in [7, 11) is 0. The number of amides is 2. The molecule has 10 heteroatoms. The average Bonchev–Trinajstić information content (AvgIpc) is 3.34. The van der Waals surface area contributed by atoms with Gasteiger partial charge in [-0.3, -0.25) is 14.9 Å². The Kier molecular flexibility index (Phi) is 8.92. The van der Waals surface area contributed by atoms with Gasteiger partial charge in [-0.15, -0.1) is 10.2 Å². The van der Waals surface area contributed by atoms with Crippen LogP contribution in [0, 0.1) is 6.92 Å². The lowest BCUT2D eigenvalue weighted by molar-refractivity contribution is -0.120. The molecule has 0 aliphatic rings. The molecule has 0 fully saturated rings. The van der Waals surface area contributed by atoms with Gasteiger partial charge in [-0.25, -0.2) is 5.43 Å². The Morgan fingerprint density at radius 3 is 2.57 bits per heavy atom. The number of para-hydroxylation sites is 1. The van der Waals surface area contributed by atoms with Crippen LogP contribution in [0.1, 0.15) is 26.5 Å². The summed E-state index contributed by atoms with van der Waals surface area (Å²) in [6, 6.07) is 23.9. The van der Waals surface area contributed by atoms with Gasteiger partial charge in [-0.05, 0) is 48.4 Å². The summed E-state index contributed by atoms with van der Waals surface area (Å²) < 4.78 is 11.5. The maximum absolute atomic E-state index is 12.2.